The molecule has 0 unspecified atom stereocenters. The second kappa shape index (κ2) is 6.75. The van der Waals surface area contributed by atoms with Gasteiger partial charge in [0, 0.05) is 19.6 Å². The Kier molecular flexibility index (Phi) is 5.02. The van der Waals surface area contributed by atoms with Crippen LogP contribution < -0.4 is 0 Å². The van der Waals surface area contributed by atoms with Gasteiger partial charge in [0.15, 0.2) is 0 Å². The first kappa shape index (κ1) is 14.1. The Labute approximate surface area is 115 Å². The summed E-state index contributed by atoms with van der Waals surface area (Å²) in [5, 5.41) is 0. The Morgan fingerprint density at radius 1 is 1.47 bits per heavy atom. The van der Waals surface area contributed by atoms with Crippen molar-refractivity contribution < 1.29 is 9.21 Å². The molecular weight excluding hydrogens is 240 g/mol. The van der Waals surface area contributed by atoms with Crippen molar-refractivity contribution in [2.75, 3.05) is 26.2 Å². The number of carbonyl (C=O) groups is 1. The second-order valence-electron chi connectivity index (χ2n) is 5.16. The van der Waals surface area contributed by atoms with Crippen molar-refractivity contribution in [1.29, 1.82) is 0 Å². The smallest absolute Gasteiger partial charge is 0.226 e. The lowest BCUT2D eigenvalue weighted by Gasteiger charge is -2.34. The first-order chi connectivity index (χ1) is 9.24. The van der Waals surface area contributed by atoms with E-state index in [1.165, 1.54) is 0 Å². The van der Waals surface area contributed by atoms with Crippen LogP contribution in [0.3, 0.4) is 0 Å². The molecule has 4 heteroatoms. The van der Waals surface area contributed by atoms with Gasteiger partial charge in [0.25, 0.3) is 0 Å². The molecule has 2 rings (SSSR count). The Morgan fingerprint density at radius 2 is 2.26 bits per heavy atom. The van der Waals surface area contributed by atoms with Gasteiger partial charge in [-0.2, -0.15) is 0 Å². The van der Waals surface area contributed by atoms with Crippen LogP contribution in [-0.4, -0.2) is 41.9 Å². The molecule has 0 bridgehead atoms. The fraction of sp³-hybridized carbons (Fsp3) is 0.667. The van der Waals surface area contributed by atoms with E-state index in [-0.39, 0.29) is 5.92 Å². The Morgan fingerprint density at radius 3 is 2.89 bits per heavy atom. The molecule has 0 N–H and O–H groups in total. The van der Waals surface area contributed by atoms with Crippen molar-refractivity contribution >= 4 is 5.91 Å². The lowest BCUT2D eigenvalue weighted by atomic mass is 9.96. The maximum atomic E-state index is 12.4. The van der Waals surface area contributed by atoms with E-state index in [1.54, 1.807) is 6.26 Å². The maximum absolute atomic E-state index is 12.4. The summed E-state index contributed by atoms with van der Waals surface area (Å²) < 4.78 is 5.38. The fourth-order valence-electron chi connectivity index (χ4n) is 2.82. The highest BCUT2D eigenvalue weighted by atomic mass is 16.3. The van der Waals surface area contributed by atoms with Gasteiger partial charge in [-0.25, -0.2) is 0 Å². The summed E-state index contributed by atoms with van der Waals surface area (Å²) >= 11 is 0. The normalized spacial score (nSPS) is 20.4. The average molecular weight is 264 g/mol. The quantitative estimate of drug-likeness (QED) is 0.819. The molecule has 0 aromatic carbocycles. The molecule has 0 aliphatic carbocycles. The van der Waals surface area contributed by atoms with Gasteiger partial charge in [-0.3, -0.25) is 9.69 Å². The molecule has 106 valence electrons. The Bertz CT molecular complexity index is 385. The number of hydrogen-bond donors (Lipinski definition) is 0. The number of carbonyl (C=O) groups excluding carboxylic acids is 1. The van der Waals surface area contributed by atoms with Crippen molar-refractivity contribution in [2.24, 2.45) is 5.92 Å². The van der Waals surface area contributed by atoms with E-state index < -0.39 is 0 Å². The van der Waals surface area contributed by atoms with E-state index in [0.717, 1.165) is 51.3 Å². The highest BCUT2D eigenvalue weighted by molar-refractivity contribution is 5.79. The van der Waals surface area contributed by atoms with Crippen LogP contribution in [0.4, 0.5) is 0 Å². The van der Waals surface area contributed by atoms with Crippen molar-refractivity contribution in [3.8, 4) is 0 Å². The standard InChI is InChI=1S/C15H24N2O2/c1-3-17(4-2)15(18)13-7-5-9-16(11-13)12-14-8-6-10-19-14/h6,8,10,13H,3-5,7,9,11-12H2,1-2H3/t13-/m0/s1. The number of hydrogen-bond acceptors (Lipinski definition) is 3. The summed E-state index contributed by atoms with van der Waals surface area (Å²) in [6, 6.07) is 3.91. The first-order valence-electron chi connectivity index (χ1n) is 7.28. The summed E-state index contributed by atoms with van der Waals surface area (Å²) in [5.74, 6) is 1.45. The zero-order chi connectivity index (χ0) is 13.7. The third kappa shape index (κ3) is 3.60. The molecule has 0 radical (unpaired) electrons. The molecule has 1 aliphatic rings. The monoisotopic (exact) mass is 264 g/mol. The number of likely N-dealkylation sites (tertiary alicyclic amines) is 1. The molecule has 1 aromatic rings. The highest BCUT2D eigenvalue weighted by Gasteiger charge is 2.28. The highest BCUT2D eigenvalue weighted by Crippen LogP contribution is 2.20. The SMILES string of the molecule is CCN(CC)C(=O)[C@H]1CCCN(Cc2ccco2)C1. The number of piperidine rings is 1. The van der Waals surface area contributed by atoms with Gasteiger partial charge in [-0.15, -0.1) is 0 Å². The van der Waals surface area contributed by atoms with Crippen LogP contribution in [-0.2, 0) is 11.3 Å². The third-order valence-electron chi connectivity index (χ3n) is 3.89. The van der Waals surface area contributed by atoms with Gasteiger partial charge in [0.1, 0.15) is 5.76 Å². The Hall–Kier alpha value is -1.29. The molecule has 1 fully saturated rings. The molecule has 1 amide bonds. The molecular formula is C15H24N2O2. The minimum atomic E-state index is 0.156. The molecule has 1 saturated heterocycles. The van der Waals surface area contributed by atoms with Gasteiger partial charge in [0.05, 0.1) is 18.7 Å². The molecule has 0 spiro atoms. The first-order valence-corrected chi connectivity index (χ1v) is 7.28. The van der Waals surface area contributed by atoms with E-state index in [0.29, 0.717) is 5.91 Å². The summed E-state index contributed by atoms with van der Waals surface area (Å²) in [5.41, 5.74) is 0. The molecule has 1 aliphatic heterocycles. The fourth-order valence-corrected chi connectivity index (χ4v) is 2.82. The zero-order valence-corrected chi connectivity index (χ0v) is 12.0. The van der Waals surface area contributed by atoms with Gasteiger partial charge < -0.3 is 9.32 Å². The summed E-state index contributed by atoms with van der Waals surface area (Å²) in [7, 11) is 0. The molecule has 1 atom stereocenters. The minimum Gasteiger partial charge on any atom is -0.468 e. The van der Waals surface area contributed by atoms with E-state index in [1.807, 2.05) is 30.9 Å². The summed E-state index contributed by atoms with van der Waals surface area (Å²) in [4.78, 5) is 16.7. The van der Waals surface area contributed by atoms with Crippen molar-refractivity contribution in [2.45, 2.75) is 33.2 Å². The lowest BCUT2D eigenvalue weighted by Crippen LogP contribution is -2.44. The summed E-state index contributed by atoms with van der Waals surface area (Å²) in [6.07, 6.45) is 3.82. The zero-order valence-electron chi connectivity index (χ0n) is 12.0. The van der Waals surface area contributed by atoms with E-state index >= 15 is 0 Å². The van der Waals surface area contributed by atoms with Crippen LogP contribution in [0, 0.1) is 5.92 Å². The molecule has 2 heterocycles. The van der Waals surface area contributed by atoms with Crippen LogP contribution >= 0.6 is 0 Å². The predicted octanol–water partition coefficient (Wildman–Crippen LogP) is 2.36. The summed E-state index contributed by atoms with van der Waals surface area (Å²) in [6.45, 7) is 8.44. The molecule has 0 saturated carbocycles. The topological polar surface area (TPSA) is 36.7 Å². The lowest BCUT2D eigenvalue weighted by molar-refractivity contribution is -0.137. The third-order valence-corrected chi connectivity index (χ3v) is 3.89. The van der Waals surface area contributed by atoms with Crippen LogP contribution in [0.25, 0.3) is 0 Å². The van der Waals surface area contributed by atoms with Crippen molar-refractivity contribution in [3.63, 3.8) is 0 Å². The molecule has 1 aromatic heterocycles. The number of nitrogens with zero attached hydrogens (tertiary/aromatic N) is 2. The molecule has 19 heavy (non-hydrogen) atoms. The predicted molar refractivity (Wildman–Crippen MR) is 74.6 cm³/mol. The van der Waals surface area contributed by atoms with Crippen LogP contribution in [0.5, 0.6) is 0 Å². The number of rotatable bonds is 5. The van der Waals surface area contributed by atoms with Crippen molar-refractivity contribution in [1.82, 2.24) is 9.80 Å². The second-order valence-corrected chi connectivity index (χ2v) is 5.16. The maximum Gasteiger partial charge on any atom is 0.226 e. The van der Waals surface area contributed by atoms with Gasteiger partial charge >= 0.3 is 0 Å². The Balaban J connectivity index is 1.91. The van der Waals surface area contributed by atoms with Crippen molar-refractivity contribution in [3.05, 3.63) is 24.2 Å². The minimum absolute atomic E-state index is 0.156. The largest absolute Gasteiger partial charge is 0.468 e. The number of furan rings is 1. The van der Waals surface area contributed by atoms with Gasteiger partial charge in [-0.05, 0) is 45.4 Å². The molecule has 4 nitrogen and oxygen atoms in total. The average Bonchev–Trinajstić information content (AvgIpc) is 2.93. The van der Waals surface area contributed by atoms with Crippen LogP contribution in [0.2, 0.25) is 0 Å². The van der Waals surface area contributed by atoms with E-state index in [4.69, 9.17) is 4.42 Å². The van der Waals surface area contributed by atoms with E-state index in [9.17, 15) is 4.79 Å². The van der Waals surface area contributed by atoms with Gasteiger partial charge in [-0.1, -0.05) is 0 Å². The van der Waals surface area contributed by atoms with E-state index in [2.05, 4.69) is 4.90 Å². The number of amides is 1. The van der Waals surface area contributed by atoms with Crippen LogP contribution in [0.15, 0.2) is 22.8 Å². The van der Waals surface area contributed by atoms with Gasteiger partial charge in [0.2, 0.25) is 5.91 Å². The van der Waals surface area contributed by atoms with Crippen LogP contribution in [0.1, 0.15) is 32.4 Å².